The zero-order valence-corrected chi connectivity index (χ0v) is 12.0. The molecule has 20 heavy (non-hydrogen) atoms. The SMILES string of the molecule is C[NH+](C)CCNC(=S)Nc1ccc(OC(F)(F)F)cc1. The van der Waals surface area contributed by atoms with Gasteiger partial charge in [0.1, 0.15) is 5.75 Å². The van der Waals surface area contributed by atoms with Crippen molar-refractivity contribution in [3.8, 4) is 5.75 Å². The number of benzene rings is 1. The molecule has 3 N–H and O–H groups in total. The van der Waals surface area contributed by atoms with Gasteiger partial charge in [0, 0.05) is 5.69 Å². The lowest BCUT2D eigenvalue weighted by atomic mass is 10.3. The smallest absolute Gasteiger partial charge is 0.406 e. The van der Waals surface area contributed by atoms with E-state index in [4.69, 9.17) is 12.2 Å². The Morgan fingerprint density at radius 1 is 1.25 bits per heavy atom. The fourth-order valence-corrected chi connectivity index (χ4v) is 1.56. The topological polar surface area (TPSA) is 37.7 Å². The lowest BCUT2D eigenvalue weighted by Crippen LogP contribution is -3.06. The number of hydrogen-bond acceptors (Lipinski definition) is 2. The molecule has 0 heterocycles. The Bertz CT molecular complexity index is 435. The Kier molecular flexibility index (Phi) is 6.03. The minimum Gasteiger partial charge on any atom is -0.406 e. The Labute approximate surface area is 120 Å². The van der Waals surface area contributed by atoms with Crippen LogP contribution in [0.4, 0.5) is 18.9 Å². The van der Waals surface area contributed by atoms with Crippen molar-refractivity contribution in [3.05, 3.63) is 24.3 Å². The number of hydrogen-bond donors (Lipinski definition) is 3. The van der Waals surface area contributed by atoms with E-state index in [0.717, 1.165) is 6.54 Å². The number of nitrogens with one attached hydrogen (secondary N) is 3. The van der Waals surface area contributed by atoms with Gasteiger partial charge < -0.3 is 20.3 Å². The summed E-state index contributed by atoms with van der Waals surface area (Å²) < 4.78 is 39.7. The van der Waals surface area contributed by atoms with E-state index in [1.54, 1.807) is 0 Å². The van der Waals surface area contributed by atoms with Crippen molar-refractivity contribution >= 4 is 23.0 Å². The molecule has 0 saturated heterocycles. The molecule has 0 saturated carbocycles. The van der Waals surface area contributed by atoms with Gasteiger partial charge in [-0.05, 0) is 36.5 Å². The van der Waals surface area contributed by atoms with E-state index in [2.05, 4.69) is 15.4 Å². The van der Waals surface area contributed by atoms with Gasteiger partial charge >= 0.3 is 6.36 Å². The Hall–Kier alpha value is -1.54. The summed E-state index contributed by atoms with van der Waals surface area (Å²) in [5, 5.41) is 6.31. The first kappa shape index (κ1) is 16.5. The van der Waals surface area contributed by atoms with Gasteiger partial charge in [-0.1, -0.05) is 0 Å². The van der Waals surface area contributed by atoms with Crippen molar-refractivity contribution < 1.29 is 22.8 Å². The van der Waals surface area contributed by atoms with E-state index in [1.165, 1.54) is 29.2 Å². The van der Waals surface area contributed by atoms with Crippen LogP contribution in [-0.2, 0) is 0 Å². The molecule has 0 unspecified atom stereocenters. The van der Waals surface area contributed by atoms with Gasteiger partial charge in [0.15, 0.2) is 5.11 Å². The predicted octanol–water partition coefficient (Wildman–Crippen LogP) is 1.02. The van der Waals surface area contributed by atoms with Gasteiger partial charge in [0.25, 0.3) is 0 Å². The summed E-state index contributed by atoms with van der Waals surface area (Å²) >= 11 is 5.07. The van der Waals surface area contributed by atoms with Crippen LogP contribution in [0.15, 0.2) is 24.3 Å². The van der Waals surface area contributed by atoms with Crippen LogP contribution < -0.4 is 20.3 Å². The van der Waals surface area contributed by atoms with Crippen molar-refractivity contribution in [1.29, 1.82) is 0 Å². The summed E-state index contributed by atoms with van der Waals surface area (Å²) in [5.41, 5.74) is 0.592. The fraction of sp³-hybridized carbons (Fsp3) is 0.417. The van der Waals surface area contributed by atoms with Gasteiger partial charge in [0.05, 0.1) is 27.2 Å². The molecule has 0 aromatic heterocycles. The number of rotatable bonds is 5. The zero-order chi connectivity index (χ0) is 15.2. The highest BCUT2D eigenvalue weighted by Crippen LogP contribution is 2.23. The number of anilines is 1. The van der Waals surface area contributed by atoms with Crippen LogP contribution in [-0.4, -0.2) is 38.7 Å². The molecule has 0 aliphatic rings. The largest absolute Gasteiger partial charge is 0.573 e. The van der Waals surface area contributed by atoms with E-state index in [-0.39, 0.29) is 5.75 Å². The minimum absolute atomic E-state index is 0.266. The molecule has 0 spiro atoms. The molecule has 0 bridgehead atoms. The Balaban J connectivity index is 2.43. The second kappa shape index (κ2) is 7.30. The van der Waals surface area contributed by atoms with Crippen LogP contribution in [0.25, 0.3) is 0 Å². The maximum atomic E-state index is 12.0. The van der Waals surface area contributed by atoms with E-state index in [9.17, 15) is 13.2 Å². The summed E-state index contributed by atoms with van der Waals surface area (Å²) in [6.07, 6.45) is -4.68. The molecule has 0 aliphatic carbocycles. The van der Waals surface area contributed by atoms with Crippen LogP contribution in [0.1, 0.15) is 0 Å². The number of alkyl halides is 3. The van der Waals surface area contributed by atoms with Crippen LogP contribution in [0, 0.1) is 0 Å². The molecule has 1 rings (SSSR count). The van der Waals surface area contributed by atoms with Crippen LogP contribution in [0.2, 0.25) is 0 Å². The second-order valence-corrected chi connectivity index (χ2v) is 4.82. The van der Waals surface area contributed by atoms with Crippen molar-refractivity contribution in [1.82, 2.24) is 5.32 Å². The molecular weight excluding hydrogens is 291 g/mol. The molecule has 1 aromatic carbocycles. The molecule has 1 aromatic rings. The number of halogens is 3. The summed E-state index contributed by atoms with van der Waals surface area (Å²) in [7, 11) is 4.05. The van der Waals surface area contributed by atoms with Crippen LogP contribution in [0.3, 0.4) is 0 Å². The van der Waals surface area contributed by atoms with E-state index in [1.807, 2.05) is 14.1 Å². The Morgan fingerprint density at radius 3 is 2.35 bits per heavy atom. The highest BCUT2D eigenvalue weighted by Gasteiger charge is 2.30. The third-order valence-corrected chi connectivity index (χ3v) is 2.50. The predicted molar refractivity (Wildman–Crippen MR) is 75.0 cm³/mol. The molecule has 4 nitrogen and oxygen atoms in total. The quantitative estimate of drug-likeness (QED) is 0.710. The van der Waals surface area contributed by atoms with E-state index >= 15 is 0 Å². The zero-order valence-electron chi connectivity index (χ0n) is 11.2. The van der Waals surface area contributed by atoms with Crippen molar-refractivity contribution in [3.63, 3.8) is 0 Å². The normalized spacial score (nSPS) is 11.3. The number of likely N-dealkylation sites (N-methyl/N-ethyl adjacent to an activating group) is 1. The molecule has 0 aliphatic heterocycles. The monoisotopic (exact) mass is 308 g/mol. The minimum atomic E-state index is -4.68. The third-order valence-electron chi connectivity index (χ3n) is 2.26. The second-order valence-electron chi connectivity index (χ2n) is 4.41. The summed E-state index contributed by atoms with van der Waals surface area (Å²) in [6.45, 7) is 1.61. The highest BCUT2D eigenvalue weighted by molar-refractivity contribution is 7.80. The third kappa shape index (κ3) is 7.15. The molecular formula is C12H17F3N3OS+. The van der Waals surface area contributed by atoms with Crippen molar-refractivity contribution in [2.24, 2.45) is 0 Å². The number of quaternary nitrogens is 1. The van der Waals surface area contributed by atoms with E-state index in [0.29, 0.717) is 17.3 Å². The van der Waals surface area contributed by atoms with E-state index < -0.39 is 6.36 Å². The molecule has 0 atom stereocenters. The molecule has 8 heteroatoms. The van der Waals surface area contributed by atoms with Crippen LogP contribution >= 0.6 is 12.2 Å². The van der Waals surface area contributed by atoms with Gasteiger partial charge in [0.2, 0.25) is 0 Å². The number of thiocarbonyl (C=S) groups is 1. The average Bonchev–Trinajstić information content (AvgIpc) is 2.29. The first-order valence-electron chi connectivity index (χ1n) is 5.96. The molecule has 0 fully saturated rings. The Morgan fingerprint density at radius 2 is 1.85 bits per heavy atom. The summed E-state index contributed by atoms with van der Waals surface area (Å²) in [4.78, 5) is 1.29. The lowest BCUT2D eigenvalue weighted by Gasteiger charge is -2.13. The molecule has 0 radical (unpaired) electrons. The maximum Gasteiger partial charge on any atom is 0.573 e. The molecule has 112 valence electrons. The summed E-state index contributed by atoms with van der Waals surface area (Å²) in [5.74, 6) is -0.266. The van der Waals surface area contributed by atoms with Gasteiger partial charge in [-0.25, -0.2) is 0 Å². The van der Waals surface area contributed by atoms with Crippen LogP contribution in [0.5, 0.6) is 5.75 Å². The first-order chi connectivity index (χ1) is 9.26. The number of ether oxygens (including phenoxy) is 1. The average molecular weight is 308 g/mol. The van der Waals surface area contributed by atoms with Crippen molar-refractivity contribution in [2.75, 3.05) is 32.5 Å². The van der Waals surface area contributed by atoms with Gasteiger partial charge in [-0.3, -0.25) is 0 Å². The molecule has 0 amide bonds. The summed E-state index contributed by atoms with van der Waals surface area (Å²) in [6, 6.07) is 5.38. The van der Waals surface area contributed by atoms with Crippen molar-refractivity contribution in [2.45, 2.75) is 6.36 Å². The standard InChI is InChI=1S/C12H16F3N3OS/c1-18(2)8-7-16-11(20)17-9-3-5-10(6-4-9)19-12(13,14)15/h3-6H,7-8H2,1-2H3,(H2,16,17,20)/p+1. The first-order valence-corrected chi connectivity index (χ1v) is 6.37. The highest BCUT2D eigenvalue weighted by atomic mass is 32.1. The maximum absolute atomic E-state index is 12.0. The van der Waals surface area contributed by atoms with Gasteiger partial charge in [-0.2, -0.15) is 0 Å². The lowest BCUT2D eigenvalue weighted by molar-refractivity contribution is -0.856. The fourth-order valence-electron chi connectivity index (χ4n) is 1.34. The van der Waals surface area contributed by atoms with Gasteiger partial charge in [-0.15, -0.1) is 13.2 Å².